The third kappa shape index (κ3) is 6.83. The largest absolute Gasteiger partial charge is 0.394 e. The summed E-state index contributed by atoms with van der Waals surface area (Å²) in [6.07, 6.45) is 1.95. The molecule has 0 bridgehead atoms. The van der Waals surface area contributed by atoms with Gasteiger partial charge in [0.1, 0.15) is 18.7 Å². The van der Waals surface area contributed by atoms with Gasteiger partial charge in [0.15, 0.2) is 0 Å². The lowest BCUT2D eigenvalue weighted by Crippen LogP contribution is -1.96. The molecule has 0 aromatic heterocycles. The Kier molecular flexibility index (Phi) is 6.27. The highest BCUT2D eigenvalue weighted by Gasteiger charge is 1.95. The van der Waals surface area contributed by atoms with Crippen molar-refractivity contribution in [1.82, 2.24) is 0 Å². The van der Waals surface area contributed by atoms with Crippen LogP contribution >= 0.6 is 0 Å². The third-order valence-electron chi connectivity index (χ3n) is 1.38. The van der Waals surface area contributed by atoms with Crippen molar-refractivity contribution in [2.24, 2.45) is 11.1 Å². The van der Waals surface area contributed by atoms with Crippen molar-refractivity contribution in [3.63, 3.8) is 0 Å². The van der Waals surface area contributed by atoms with Crippen molar-refractivity contribution in [3.05, 3.63) is 0 Å². The Labute approximate surface area is 78.4 Å². The van der Waals surface area contributed by atoms with E-state index in [0.29, 0.717) is 12.5 Å². The first-order chi connectivity index (χ1) is 6.20. The fraction of sp³-hybridized carbons (Fsp3) is 0.667. The van der Waals surface area contributed by atoms with Crippen molar-refractivity contribution in [2.75, 3.05) is 6.61 Å². The van der Waals surface area contributed by atoms with Gasteiger partial charge in [-0.1, -0.05) is 19.0 Å². The van der Waals surface area contributed by atoms with Crippen LogP contribution in [0.25, 0.3) is 0 Å². The quantitative estimate of drug-likeness (QED) is 0.367. The van der Waals surface area contributed by atoms with Gasteiger partial charge in [-0.25, -0.2) is 0 Å². The standard InChI is InChI=1S/C9H13N3O/c1-8(2)4-3-5-13-12-9(6-10)7-11/h8H,3-5H2,1-2H3. The van der Waals surface area contributed by atoms with Gasteiger partial charge >= 0.3 is 0 Å². The molecule has 0 unspecified atom stereocenters. The number of hydrogen-bond donors (Lipinski definition) is 0. The van der Waals surface area contributed by atoms with E-state index in [1.807, 2.05) is 0 Å². The first-order valence-electron chi connectivity index (χ1n) is 4.21. The average molecular weight is 179 g/mol. The molecule has 70 valence electrons. The van der Waals surface area contributed by atoms with Crippen LogP contribution in [-0.2, 0) is 4.84 Å². The molecule has 0 spiro atoms. The minimum Gasteiger partial charge on any atom is -0.394 e. The monoisotopic (exact) mass is 179 g/mol. The first kappa shape index (κ1) is 11.4. The molecule has 0 aromatic rings. The van der Waals surface area contributed by atoms with Gasteiger partial charge in [0.25, 0.3) is 5.71 Å². The molecule has 0 aliphatic rings. The summed E-state index contributed by atoms with van der Waals surface area (Å²) < 4.78 is 0. The predicted octanol–water partition coefficient (Wildman–Crippen LogP) is 1.84. The van der Waals surface area contributed by atoms with E-state index in [2.05, 4.69) is 19.0 Å². The molecule has 0 radical (unpaired) electrons. The fourth-order valence-corrected chi connectivity index (χ4v) is 0.732. The lowest BCUT2D eigenvalue weighted by molar-refractivity contribution is 0.138. The molecule has 13 heavy (non-hydrogen) atoms. The van der Waals surface area contributed by atoms with Crippen LogP contribution in [0.3, 0.4) is 0 Å². The van der Waals surface area contributed by atoms with Crippen LogP contribution < -0.4 is 0 Å². The number of nitrogens with zero attached hydrogens (tertiary/aromatic N) is 3. The topological polar surface area (TPSA) is 69.2 Å². The number of rotatable bonds is 5. The minimum absolute atomic E-state index is 0.232. The highest BCUT2D eigenvalue weighted by Crippen LogP contribution is 2.02. The summed E-state index contributed by atoms with van der Waals surface area (Å²) in [6.45, 7) is 4.71. The van der Waals surface area contributed by atoms with Gasteiger partial charge in [-0.2, -0.15) is 10.5 Å². The summed E-state index contributed by atoms with van der Waals surface area (Å²) in [7, 11) is 0. The zero-order chi connectivity index (χ0) is 10.1. The molecule has 4 nitrogen and oxygen atoms in total. The van der Waals surface area contributed by atoms with E-state index in [4.69, 9.17) is 15.4 Å². The predicted molar refractivity (Wildman–Crippen MR) is 48.7 cm³/mol. The summed E-state index contributed by atoms with van der Waals surface area (Å²) in [4.78, 5) is 4.77. The number of nitriles is 2. The minimum atomic E-state index is -0.232. The average Bonchev–Trinajstić information content (AvgIpc) is 2.11. The Morgan fingerprint density at radius 1 is 1.38 bits per heavy atom. The van der Waals surface area contributed by atoms with Gasteiger partial charge in [-0.05, 0) is 18.8 Å². The Hall–Kier alpha value is -1.55. The van der Waals surface area contributed by atoms with E-state index in [1.165, 1.54) is 0 Å². The summed E-state index contributed by atoms with van der Waals surface area (Å²) in [5, 5.41) is 19.9. The van der Waals surface area contributed by atoms with Gasteiger partial charge < -0.3 is 4.84 Å². The van der Waals surface area contributed by atoms with Gasteiger partial charge in [-0.3, -0.25) is 0 Å². The lowest BCUT2D eigenvalue weighted by Gasteiger charge is -2.01. The molecule has 0 aliphatic carbocycles. The molecule has 0 amide bonds. The molecule has 0 N–H and O–H groups in total. The Morgan fingerprint density at radius 3 is 2.46 bits per heavy atom. The maximum atomic E-state index is 8.29. The van der Waals surface area contributed by atoms with Crippen LogP contribution in [-0.4, -0.2) is 12.3 Å². The van der Waals surface area contributed by atoms with Crippen molar-refractivity contribution >= 4 is 5.71 Å². The second kappa shape index (κ2) is 7.12. The van der Waals surface area contributed by atoms with E-state index >= 15 is 0 Å². The van der Waals surface area contributed by atoms with E-state index in [0.717, 1.165) is 12.8 Å². The van der Waals surface area contributed by atoms with Crippen LogP contribution in [0.15, 0.2) is 5.16 Å². The second-order valence-electron chi connectivity index (χ2n) is 3.03. The third-order valence-corrected chi connectivity index (χ3v) is 1.38. The van der Waals surface area contributed by atoms with Gasteiger partial charge in [0.2, 0.25) is 0 Å². The highest BCUT2D eigenvalue weighted by atomic mass is 16.6. The van der Waals surface area contributed by atoms with Crippen molar-refractivity contribution < 1.29 is 4.84 Å². The number of oxime groups is 1. The van der Waals surface area contributed by atoms with E-state index in [1.54, 1.807) is 12.1 Å². The number of hydrogen-bond acceptors (Lipinski definition) is 4. The van der Waals surface area contributed by atoms with Crippen LogP contribution in [0, 0.1) is 28.6 Å². The fourth-order valence-electron chi connectivity index (χ4n) is 0.732. The molecule has 0 aliphatic heterocycles. The van der Waals surface area contributed by atoms with Crippen LogP contribution in [0.1, 0.15) is 26.7 Å². The SMILES string of the molecule is CC(C)CCCON=C(C#N)C#N. The van der Waals surface area contributed by atoms with Gasteiger partial charge in [0.05, 0.1) is 0 Å². The zero-order valence-electron chi connectivity index (χ0n) is 7.95. The smallest absolute Gasteiger partial charge is 0.256 e. The lowest BCUT2D eigenvalue weighted by atomic mass is 10.1. The van der Waals surface area contributed by atoms with Crippen LogP contribution in [0.4, 0.5) is 0 Å². The molecule has 0 saturated heterocycles. The summed E-state index contributed by atoms with van der Waals surface area (Å²) in [5.41, 5.74) is -0.232. The Morgan fingerprint density at radius 2 is 2.00 bits per heavy atom. The Balaban J connectivity index is 3.52. The summed E-state index contributed by atoms with van der Waals surface area (Å²) >= 11 is 0. The van der Waals surface area contributed by atoms with Crippen LogP contribution in [0.5, 0.6) is 0 Å². The molecule has 0 aromatic carbocycles. The maximum absolute atomic E-state index is 8.29. The normalized spacial score (nSPS) is 8.69. The van der Waals surface area contributed by atoms with Crippen molar-refractivity contribution in [2.45, 2.75) is 26.7 Å². The van der Waals surface area contributed by atoms with Crippen molar-refractivity contribution in [3.8, 4) is 12.1 Å². The Bertz CT molecular complexity index is 229. The maximum Gasteiger partial charge on any atom is 0.256 e. The van der Waals surface area contributed by atoms with Gasteiger partial charge in [0, 0.05) is 0 Å². The molecule has 4 heteroatoms. The first-order valence-corrected chi connectivity index (χ1v) is 4.21. The zero-order valence-corrected chi connectivity index (χ0v) is 7.95. The van der Waals surface area contributed by atoms with E-state index < -0.39 is 0 Å². The molecule has 0 heterocycles. The molecular weight excluding hydrogens is 166 g/mol. The molecule has 0 atom stereocenters. The molecule has 0 rings (SSSR count). The summed E-state index contributed by atoms with van der Waals surface area (Å²) in [5.74, 6) is 0.638. The highest BCUT2D eigenvalue weighted by molar-refractivity contribution is 6.09. The molecule has 0 fully saturated rings. The molecular formula is C9H13N3O. The van der Waals surface area contributed by atoms with E-state index in [-0.39, 0.29) is 5.71 Å². The molecule has 0 saturated carbocycles. The van der Waals surface area contributed by atoms with E-state index in [9.17, 15) is 0 Å². The second-order valence-corrected chi connectivity index (χ2v) is 3.03. The van der Waals surface area contributed by atoms with Crippen LogP contribution in [0.2, 0.25) is 0 Å². The summed E-state index contributed by atoms with van der Waals surface area (Å²) in [6, 6.07) is 3.23. The van der Waals surface area contributed by atoms with Gasteiger partial charge in [-0.15, -0.1) is 0 Å². The van der Waals surface area contributed by atoms with Crippen molar-refractivity contribution in [1.29, 1.82) is 10.5 Å².